The summed E-state index contributed by atoms with van der Waals surface area (Å²) in [4.78, 5) is 0. The average Bonchev–Trinajstić information content (AvgIpc) is 2.42. The highest BCUT2D eigenvalue weighted by atomic mass is 79.9. The molecule has 0 amide bonds. The first-order valence-electron chi connectivity index (χ1n) is 5.15. The zero-order chi connectivity index (χ0) is 11.1. The van der Waals surface area contributed by atoms with Gasteiger partial charge in [0.25, 0.3) is 0 Å². The molecule has 0 aromatic carbocycles. The van der Waals surface area contributed by atoms with Crippen molar-refractivity contribution in [2.75, 3.05) is 13.1 Å². The van der Waals surface area contributed by atoms with E-state index in [2.05, 4.69) is 26.3 Å². The van der Waals surface area contributed by atoms with Gasteiger partial charge in [-0.25, -0.2) is 4.39 Å². The maximum atomic E-state index is 13.9. The molecule has 3 nitrogen and oxygen atoms in total. The zero-order valence-electron chi connectivity index (χ0n) is 8.98. The van der Waals surface area contributed by atoms with E-state index in [4.69, 9.17) is 0 Å². The zero-order valence-corrected chi connectivity index (χ0v) is 10.6. The summed E-state index contributed by atoms with van der Waals surface area (Å²) in [5.41, 5.74) is 0.876. The minimum atomic E-state index is -1.08. The van der Waals surface area contributed by atoms with Crippen LogP contribution in [0.1, 0.15) is 18.3 Å². The number of aromatic nitrogens is 2. The first-order valence-corrected chi connectivity index (χ1v) is 5.95. The van der Waals surface area contributed by atoms with E-state index in [1.165, 1.54) is 0 Å². The van der Waals surface area contributed by atoms with E-state index in [1.54, 1.807) is 4.68 Å². The summed E-state index contributed by atoms with van der Waals surface area (Å²) in [5, 5.41) is 7.32. The van der Waals surface area contributed by atoms with E-state index >= 15 is 0 Å². The largest absolute Gasteiger partial charge is 0.310 e. The molecule has 1 aromatic heterocycles. The van der Waals surface area contributed by atoms with Crippen LogP contribution in [0.15, 0.2) is 4.47 Å². The Morgan fingerprint density at radius 2 is 2.27 bits per heavy atom. The molecule has 84 valence electrons. The fraction of sp³-hybridized carbons (Fsp3) is 0.700. The standard InChI is InChI=1S/C10H15BrFN3/c1-3-7-9(11)8(15(2)14-7)4-10(12)5-13-6-10/h13H,3-6H2,1-2H3. The molecule has 0 saturated carbocycles. The molecular formula is C10H15BrFN3. The number of nitrogens with one attached hydrogen (secondary N) is 1. The van der Waals surface area contributed by atoms with Crippen molar-refractivity contribution in [3.63, 3.8) is 0 Å². The second kappa shape index (κ2) is 3.87. The number of hydrogen-bond donors (Lipinski definition) is 1. The number of aryl methyl sites for hydroxylation is 2. The molecule has 2 rings (SSSR count). The SMILES string of the molecule is CCc1nn(C)c(CC2(F)CNC2)c1Br. The van der Waals surface area contributed by atoms with Gasteiger partial charge in [0.1, 0.15) is 5.67 Å². The summed E-state index contributed by atoms with van der Waals surface area (Å²) < 4.78 is 16.7. The minimum Gasteiger partial charge on any atom is -0.310 e. The number of rotatable bonds is 3. The lowest BCUT2D eigenvalue weighted by Crippen LogP contribution is -2.57. The highest BCUT2D eigenvalue weighted by Gasteiger charge is 2.38. The van der Waals surface area contributed by atoms with Crippen molar-refractivity contribution in [1.82, 2.24) is 15.1 Å². The van der Waals surface area contributed by atoms with Gasteiger partial charge in [-0.05, 0) is 22.4 Å². The summed E-state index contributed by atoms with van der Waals surface area (Å²) in [6, 6.07) is 0. The molecule has 0 unspecified atom stereocenters. The lowest BCUT2D eigenvalue weighted by atomic mass is 9.93. The van der Waals surface area contributed by atoms with Gasteiger partial charge in [-0.2, -0.15) is 5.10 Å². The van der Waals surface area contributed by atoms with Gasteiger partial charge in [-0.15, -0.1) is 0 Å². The molecular weight excluding hydrogens is 261 g/mol. The van der Waals surface area contributed by atoms with Crippen molar-refractivity contribution in [3.05, 3.63) is 15.9 Å². The topological polar surface area (TPSA) is 29.9 Å². The predicted octanol–water partition coefficient (Wildman–Crippen LogP) is 1.60. The van der Waals surface area contributed by atoms with E-state index in [0.717, 1.165) is 22.3 Å². The Morgan fingerprint density at radius 1 is 1.60 bits per heavy atom. The molecule has 1 N–H and O–H groups in total. The van der Waals surface area contributed by atoms with E-state index in [0.29, 0.717) is 19.5 Å². The molecule has 15 heavy (non-hydrogen) atoms. The lowest BCUT2D eigenvalue weighted by molar-refractivity contribution is 0.0887. The van der Waals surface area contributed by atoms with Crippen molar-refractivity contribution in [2.45, 2.75) is 25.4 Å². The van der Waals surface area contributed by atoms with E-state index in [1.807, 2.05) is 14.0 Å². The van der Waals surface area contributed by atoms with Crippen LogP contribution in [0, 0.1) is 0 Å². The Hall–Kier alpha value is -0.420. The van der Waals surface area contributed by atoms with Crippen LogP contribution in [0.25, 0.3) is 0 Å². The molecule has 1 aliphatic heterocycles. The monoisotopic (exact) mass is 275 g/mol. The van der Waals surface area contributed by atoms with Gasteiger partial charge in [0.05, 0.1) is 15.9 Å². The Labute approximate surface area is 97.2 Å². The molecule has 1 fully saturated rings. The maximum absolute atomic E-state index is 13.9. The Balaban J connectivity index is 2.23. The van der Waals surface area contributed by atoms with Crippen molar-refractivity contribution >= 4 is 15.9 Å². The van der Waals surface area contributed by atoms with Crippen LogP contribution in [0.3, 0.4) is 0 Å². The van der Waals surface area contributed by atoms with Gasteiger partial charge in [-0.1, -0.05) is 6.92 Å². The molecule has 5 heteroatoms. The highest BCUT2D eigenvalue weighted by molar-refractivity contribution is 9.10. The maximum Gasteiger partial charge on any atom is 0.141 e. The van der Waals surface area contributed by atoms with Gasteiger partial charge in [0.2, 0.25) is 0 Å². The first kappa shape index (κ1) is 11.1. The molecule has 1 saturated heterocycles. The molecule has 0 atom stereocenters. The summed E-state index contributed by atoms with van der Waals surface area (Å²) in [6.45, 7) is 2.95. The van der Waals surface area contributed by atoms with Crippen LogP contribution in [-0.4, -0.2) is 28.5 Å². The summed E-state index contributed by atoms with van der Waals surface area (Å²) in [7, 11) is 1.87. The van der Waals surface area contributed by atoms with Gasteiger partial charge in [-0.3, -0.25) is 4.68 Å². The summed E-state index contributed by atoms with van der Waals surface area (Å²) >= 11 is 3.50. The fourth-order valence-electron chi connectivity index (χ4n) is 1.83. The lowest BCUT2D eigenvalue weighted by Gasteiger charge is -2.34. The molecule has 2 heterocycles. The highest BCUT2D eigenvalue weighted by Crippen LogP contribution is 2.28. The minimum absolute atomic E-state index is 0.435. The van der Waals surface area contributed by atoms with Gasteiger partial charge < -0.3 is 5.32 Å². The van der Waals surface area contributed by atoms with Gasteiger partial charge in [0, 0.05) is 26.6 Å². The van der Waals surface area contributed by atoms with Crippen LogP contribution in [0.5, 0.6) is 0 Å². The van der Waals surface area contributed by atoms with Crippen LogP contribution in [0.2, 0.25) is 0 Å². The number of nitrogens with zero attached hydrogens (tertiary/aromatic N) is 2. The van der Waals surface area contributed by atoms with Gasteiger partial charge in [0.15, 0.2) is 0 Å². The van der Waals surface area contributed by atoms with Crippen molar-refractivity contribution < 1.29 is 4.39 Å². The van der Waals surface area contributed by atoms with Crippen molar-refractivity contribution in [3.8, 4) is 0 Å². The third kappa shape index (κ3) is 1.95. The van der Waals surface area contributed by atoms with Crippen molar-refractivity contribution in [1.29, 1.82) is 0 Å². The van der Waals surface area contributed by atoms with Crippen LogP contribution < -0.4 is 5.32 Å². The summed E-state index contributed by atoms with van der Waals surface area (Å²) in [6.07, 6.45) is 1.30. The quantitative estimate of drug-likeness (QED) is 0.908. The Bertz CT molecular complexity index is 371. The first-order chi connectivity index (χ1) is 7.06. The van der Waals surface area contributed by atoms with E-state index < -0.39 is 5.67 Å². The Kier molecular flexibility index (Phi) is 2.85. The van der Waals surface area contributed by atoms with Crippen LogP contribution >= 0.6 is 15.9 Å². The number of hydrogen-bond acceptors (Lipinski definition) is 2. The smallest absolute Gasteiger partial charge is 0.141 e. The Morgan fingerprint density at radius 3 is 2.67 bits per heavy atom. The second-order valence-electron chi connectivity index (χ2n) is 4.12. The second-order valence-corrected chi connectivity index (χ2v) is 4.91. The van der Waals surface area contributed by atoms with Crippen molar-refractivity contribution in [2.24, 2.45) is 7.05 Å². The van der Waals surface area contributed by atoms with Gasteiger partial charge >= 0.3 is 0 Å². The molecule has 0 radical (unpaired) electrons. The number of halogens is 2. The van der Waals surface area contributed by atoms with E-state index in [9.17, 15) is 4.39 Å². The molecule has 1 aliphatic rings. The molecule has 1 aromatic rings. The third-order valence-corrected chi connectivity index (χ3v) is 3.79. The van der Waals surface area contributed by atoms with Crippen LogP contribution in [0.4, 0.5) is 4.39 Å². The predicted molar refractivity (Wildman–Crippen MR) is 60.7 cm³/mol. The summed E-state index contributed by atoms with van der Waals surface area (Å²) in [5.74, 6) is 0. The number of alkyl halides is 1. The third-order valence-electron chi connectivity index (χ3n) is 2.87. The fourth-order valence-corrected chi connectivity index (χ4v) is 2.59. The average molecular weight is 276 g/mol. The normalized spacial score (nSPS) is 18.9. The van der Waals surface area contributed by atoms with E-state index in [-0.39, 0.29) is 0 Å². The molecule has 0 bridgehead atoms. The molecule has 0 spiro atoms. The van der Waals surface area contributed by atoms with Crippen LogP contribution in [-0.2, 0) is 19.9 Å². The molecule has 0 aliphatic carbocycles.